The van der Waals surface area contributed by atoms with Crippen molar-refractivity contribution in [3.8, 4) is 0 Å². The summed E-state index contributed by atoms with van der Waals surface area (Å²) in [6, 6.07) is 6.70. The molecule has 0 heterocycles. The van der Waals surface area contributed by atoms with Crippen LogP contribution >= 0.6 is 0 Å². The van der Waals surface area contributed by atoms with E-state index in [1.807, 2.05) is 6.08 Å². The van der Waals surface area contributed by atoms with Crippen LogP contribution in [0.15, 0.2) is 36.9 Å². The topological polar surface area (TPSA) is 23.5 Å². The summed E-state index contributed by atoms with van der Waals surface area (Å²) in [7, 11) is 0. The Bertz CT molecular complexity index is 386. The minimum absolute atomic E-state index is 0.267. The predicted octanol–water partition coefficient (Wildman–Crippen LogP) is 2.90. The molecule has 0 radical (unpaired) electrons. The van der Waals surface area contributed by atoms with E-state index in [2.05, 4.69) is 11.5 Å². The van der Waals surface area contributed by atoms with Gasteiger partial charge in [-0.2, -0.15) is 0 Å². The lowest BCUT2D eigenvalue weighted by Gasteiger charge is -2.24. The van der Waals surface area contributed by atoms with E-state index in [1.165, 1.54) is 25.0 Å². The largest absolute Gasteiger partial charge is 0.387 e. The molecule has 1 unspecified atom stereocenters. The smallest absolute Gasteiger partial charge is 0.123 e. The minimum Gasteiger partial charge on any atom is -0.387 e. The molecule has 1 aliphatic rings. The molecule has 0 aliphatic heterocycles. The highest BCUT2D eigenvalue weighted by molar-refractivity contribution is 5.18. The fourth-order valence-electron chi connectivity index (χ4n) is 2.13. The van der Waals surface area contributed by atoms with Crippen molar-refractivity contribution < 1.29 is 9.50 Å². The number of aliphatic hydroxyl groups is 1. The molecule has 1 saturated carbocycles. The molecule has 3 heteroatoms. The van der Waals surface area contributed by atoms with Gasteiger partial charge >= 0.3 is 0 Å². The Balaban J connectivity index is 1.93. The van der Waals surface area contributed by atoms with Gasteiger partial charge in [-0.3, -0.25) is 4.90 Å². The number of halogens is 1. The summed E-state index contributed by atoms with van der Waals surface area (Å²) in [4.78, 5) is 2.30. The first-order chi connectivity index (χ1) is 8.70. The van der Waals surface area contributed by atoms with Crippen molar-refractivity contribution in [3.05, 3.63) is 48.3 Å². The molecular weight excluding hydrogens is 229 g/mol. The van der Waals surface area contributed by atoms with E-state index in [1.54, 1.807) is 12.1 Å². The summed E-state index contributed by atoms with van der Waals surface area (Å²) in [5, 5.41) is 10.2. The Morgan fingerprint density at radius 3 is 2.61 bits per heavy atom. The zero-order valence-electron chi connectivity index (χ0n) is 10.6. The zero-order valence-corrected chi connectivity index (χ0v) is 10.6. The van der Waals surface area contributed by atoms with Gasteiger partial charge in [-0.05, 0) is 37.0 Å². The predicted molar refractivity (Wildman–Crippen MR) is 70.8 cm³/mol. The fraction of sp³-hybridized carbons (Fsp3) is 0.467. The summed E-state index contributed by atoms with van der Waals surface area (Å²) in [5.74, 6) is -0.267. The molecular formula is C15H20FNO. The highest BCUT2D eigenvalue weighted by Gasteiger charge is 2.29. The Kier molecular flexibility index (Phi) is 4.50. The van der Waals surface area contributed by atoms with Crippen molar-refractivity contribution >= 4 is 0 Å². The van der Waals surface area contributed by atoms with E-state index >= 15 is 0 Å². The maximum atomic E-state index is 12.8. The Morgan fingerprint density at radius 2 is 2.06 bits per heavy atom. The van der Waals surface area contributed by atoms with Crippen molar-refractivity contribution in [3.63, 3.8) is 0 Å². The molecule has 98 valence electrons. The average Bonchev–Trinajstić information content (AvgIpc) is 3.19. The van der Waals surface area contributed by atoms with Gasteiger partial charge in [0.15, 0.2) is 0 Å². The molecule has 2 nitrogen and oxygen atoms in total. The number of hydrogen-bond donors (Lipinski definition) is 1. The Labute approximate surface area is 108 Å². The molecule has 1 atom stereocenters. The summed E-state index contributed by atoms with van der Waals surface area (Å²) >= 11 is 0. The summed E-state index contributed by atoms with van der Waals surface area (Å²) in [6.07, 6.45) is 4.73. The molecule has 0 bridgehead atoms. The van der Waals surface area contributed by atoms with Crippen LogP contribution < -0.4 is 0 Å². The van der Waals surface area contributed by atoms with Crippen molar-refractivity contribution in [2.45, 2.75) is 31.4 Å². The molecule has 1 aliphatic carbocycles. The summed E-state index contributed by atoms with van der Waals surface area (Å²) in [5.41, 5.74) is 0.778. The average molecular weight is 249 g/mol. The SMILES string of the molecule is C=CCCN(CC(O)c1ccc(F)cc1)C1CC1. The summed E-state index contributed by atoms with van der Waals surface area (Å²) in [6.45, 7) is 5.28. The maximum absolute atomic E-state index is 12.8. The van der Waals surface area contributed by atoms with E-state index in [4.69, 9.17) is 0 Å². The first-order valence-electron chi connectivity index (χ1n) is 6.49. The van der Waals surface area contributed by atoms with Crippen LogP contribution in [0.3, 0.4) is 0 Å². The number of benzene rings is 1. The molecule has 18 heavy (non-hydrogen) atoms. The van der Waals surface area contributed by atoms with Gasteiger partial charge in [-0.25, -0.2) is 4.39 Å². The van der Waals surface area contributed by atoms with Gasteiger partial charge in [-0.15, -0.1) is 6.58 Å². The van der Waals surface area contributed by atoms with Gasteiger partial charge in [0.1, 0.15) is 5.82 Å². The molecule has 2 rings (SSSR count). The molecule has 0 spiro atoms. The van der Waals surface area contributed by atoms with Crippen molar-refractivity contribution in [2.24, 2.45) is 0 Å². The van der Waals surface area contributed by atoms with Crippen molar-refractivity contribution in [2.75, 3.05) is 13.1 Å². The first kappa shape index (κ1) is 13.2. The van der Waals surface area contributed by atoms with Crippen LogP contribution in [0.5, 0.6) is 0 Å². The third-order valence-corrected chi connectivity index (χ3v) is 3.35. The molecule has 1 N–H and O–H groups in total. The zero-order chi connectivity index (χ0) is 13.0. The second-order valence-electron chi connectivity index (χ2n) is 4.87. The maximum Gasteiger partial charge on any atom is 0.123 e. The van der Waals surface area contributed by atoms with Gasteiger partial charge in [0, 0.05) is 19.1 Å². The highest BCUT2D eigenvalue weighted by Crippen LogP contribution is 2.29. The van der Waals surface area contributed by atoms with E-state index in [9.17, 15) is 9.50 Å². The number of aliphatic hydroxyl groups excluding tert-OH is 1. The third kappa shape index (κ3) is 3.65. The van der Waals surface area contributed by atoms with E-state index in [0.29, 0.717) is 12.6 Å². The second-order valence-corrected chi connectivity index (χ2v) is 4.87. The van der Waals surface area contributed by atoms with Gasteiger partial charge < -0.3 is 5.11 Å². The van der Waals surface area contributed by atoms with Crippen LogP contribution in [0.1, 0.15) is 30.9 Å². The standard InChI is InChI=1S/C15H20FNO/c1-2-3-10-17(14-8-9-14)11-15(18)12-4-6-13(16)7-5-12/h2,4-7,14-15,18H,1,3,8-11H2. The van der Waals surface area contributed by atoms with Gasteiger partial charge in [0.05, 0.1) is 6.10 Å². The molecule has 0 aromatic heterocycles. The number of rotatable bonds is 7. The van der Waals surface area contributed by atoms with Crippen molar-refractivity contribution in [1.82, 2.24) is 4.90 Å². The van der Waals surface area contributed by atoms with Crippen LogP contribution in [0, 0.1) is 5.82 Å². The Hall–Kier alpha value is -1.19. The summed E-state index contributed by atoms with van der Waals surface area (Å²) < 4.78 is 12.8. The highest BCUT2D eigenvalue weighted by atomic mass is 19.1. The number of hydrogen-bond acceptors (Lipinski definition) is 2. The van der Waals surface area contributed by atoms with E-state index < -0.39 is 6.10 Å². The molecule has 1 aromatic carbocycles. The van der Waals surface area contributed by atoms with Crippen LogP contribution in [0.4, 0.5) is 4.39 Å². The van der Waals surface area contributed by atoms with E-state index in [-0.39, 0.29) is 5.82 Å². The lowest BCUT2D eigenvalue weighted by Crippen LogP contribution is -2.31. The monoisotopic (exact) mass is 249 g/mol. The van der Waals surface area contributed by atoms with Crippen LogP contribution in [-0.2, 0) is 0 Å². The first-order valence-corrected chi connectivity index (χ1v) is 6.49. The van der Waals surface area contributed by atoms with E-state index in [0.717, 1.165) is 18.5 Å². The molecule has 1 fully saturated rings. The fourth-order valence-corrected chi connectivity index (χ4v) is 2.13. The van der Waals surface area contributed by atoms with Gasteiger partial charge in [0.2, 0.25) is 0 Å². The second kappa shape index (κ2) is 6.12. The molecule has 0 amide bonds. The van der Waals surface area contributed by atoms with Gasteiger partial charge in [0.25, 0.3) is 0 Å². The van der Waals surface area contributed by atoms with Crippen LogP contribution in [-0.4, -0.2) is 29.1 Å². The molecule has 1 aromatic rings. The quantitative estimate of drug-likeness (QED) is 0.751. The third-order valence-electron chi connectivity index (χ3n) is 3.35. The number of nitrogens with zero attached hydrogens (tertiary/aromatic N) is 1. The normalized spacial score (nSPS) is 16.8. The lowest BCUT2D eigenvalue weighted by atomic mass is 10.1. The Morgan fingerprint density at radius 1 is 1.39 bits per heavy atom. The van der Waals surface area contributed by atoms with Gasteiger partial charge in [-0.1, -0.05) is 18.2 Å². The van der Waals surface area contributed by atoms with Crippen LogP contribution in [0.25, 0.3) is 0 Å². The minimum atomic E-state index is -0.545. The lowest BCUT2D eigenvalue weighted by molar-refractivity contribution is 0.109. The molecule has 0 saturated heterocycles. The van der Waals surface area contributed by atoms with Crippen LogP contribution in [0.2, 0.25) is 0 Å². The van der Waals surface area contributed by atoms with Crippen molar-refractivity contribution in [1.29, 1.82) is 0 Å².